The third-order valence-corrected chi connectivity index (χ3v) is 6.68. The van der Waals surface area contributed by atoms with Crippen molar-refractivity contribution in [2.75, 3.05) is 18.5 Å². The second-order valence-corrected chi connectivity index (χ2v) is 8.80. The molecular formula is C22H25N5O2S. The van der Waals surface area contributed by atoms with Gasteiger partial charge in [-0.1, -0.05) is 6.42 Å². The molecule has 1 atom stereocenters. The summed E-state index contributed by atoms with van der Waals surface area (Å²) in [7, 11) is 1.91. The Hall–Kier alpha value is -2.71. The van der Waals surface area contributed by atoms with Crippen LogP contribution in [0.25, 0.3) is 10.6 Å². The highest BCUT2D eigenvalue weighted by atomic mass is 32.1. The van der Waals surface area contributed by atoms with E-state index in [9.17, 15) is 4.79 Å². The molecule has 0 bridgehead atoms. The van der Waals surface area contributed by atoms with Crippen LogP contribution in [0.4, 0.5) is 5.69 Å². The van der Waals surface area contributed by atoms with Crippen molar-refractivity contribution in [3.05, 3.63) is 47.2 Å². The molecule has 0 aliphatic carbocycles. The maximum atomic E-state index is 13.1. The number of likely N-dealkylation sites (tertiary alicyclic amines) is 1. The maximum absolute atomic E-state index is 13.1. The van der Waals surface area contributed by atoms with Gasteiger partial charge in [-0.25, -0.2) is 4.98 Å². The summed E-state index contributed by atoms with van der Waals surface area (Å²) in [6.45, 7) is 2.32. The zero-order valence-corrected chi connectivity index (χ0v) is 17.8. The third kappa shape index (κ3) is 3.97. The lowest BCUT2D eigenvalue weighted by atomic mass is 10.0. The van der Waals surface area contributed by atoms with Gasteiger partial charge in [-0.15, -0.1) is 11.3 Å². The smallest absolute Gasteiger partial charge is 0.241 e. The Morgan fingerprint density at radius 2 is 2.30 bits per heavy atom. The van der Waals surface area contributed by atoms with Gasteiger partial charge in [0.2, 0.25) is 5.91 Å². The highest BCUT2D eigenvalue weighted by Gasteiger charge is 2.29. The van der Waals surface area contributed by atoms with Gasteiger partial charge in [-0.05, 0) is 43.1 Å². The SMILES string of the molecule is Cn1cc(-c2nc(CN3CCCC[C@H]3C(=O)Nc3ccc4c(c3)CCO4)cs2)cn1. The number of aromatic nitrogens is 3. The van der Waals surface area contributed by atoms with Gasteiger partial charge in [0.25, 0.3) is 0 Å². The fraction of sp³-hybridized carbons (Fsp3) is 0.409. The van der Waals surface area contributed by atoms with E-state index in [4.69, 9.17) is 9.72 Å². The normalized spacial score (nSPS) is 18.8. The number of benzene rings is 1. The summed E-state index contributed by atoms with van der Waals surface area (Å²) in [6.07, 6.45) is 7.77. The number of fused-ring (bicyclic) bond motifs is 1. The minimum Gasteiger partial charge on any atom is -0.493 e. The molecule has 0 radical (unpaired) electrons. The van der Waals surface area contributed by atoms with Gasteiger partial charge in [0.15, 0.2) is 0 Å². The van der Waals surface area contributed by atoms with E-state index in [2.05, 4.69) is 20.7 Å². The van der Waals surface area contributed by atoms with Crippen LogP contribution < -0.4 is 10.1 Å². The molecule has 0 saturated carbocycles. The molecule has 8 heteroatoms. The largest absolute Gasteiger partial charge is 0.493 e. The van der Waals surface area contributed by atoms with Crippen molar-refractivity contribution in [3.8, 4) is 16.3 Å². The zero-order chi connectivity index (χ0) is 20.5. The van der Waals surface area contributed by atoms with Crippen LogP contribution in [0.5, 0.6) is 5.75 Å². The lowest BCUT2D eigenvalue weighted by molar-refractivity contribution is -0.122. The van der Waals surface area contributed by atoms with E-state index < -0.39 is 0 Å². The van der Waals surface area contributed by atoms with Crippen molar-refractivity contribution in [3.63, 3.8) is 0 Å². The third-order valence-electron chi connectivity index (χ3n) is 5.74. The highest BCUT2D eigenvalue weighted by Crippen LogP contribution is 2.29. The Balaban J connectivity index is 1.27. The van der Waals surface area contributed by atoms with Gasteiger partial charge >= 0.3 is 0 Å². The summed E-state index contributed by atoms with van der Waals surface area (Å²) in [6, 6.07) is 5.78. The number of hydrogen-bond acceptors (Lipinski definition) is 6. The summed E-state index contributed by atoms with van der Waals surface area (Å²) in [5.41, 5.74) is 4.05. The summed E-state index contributed by atoms with van der Waals surface area (Å²) in [4.78, 5) is 20.1. The van der Waals surface area contributed by atoms with E-state index in [1.54, 1.807) is 16.0 Å². The minimum atomic E-state index is -0.133. The van der Waals surface area contributed by atoms with Crippen molar-refractivity contribution in [2.24, 2.45) is 7.05 Å². The number of thiazole rings is 1. The van der Waals surface area contributed by atoms with E-state index in [-0.39, 0.29) is 11.9 Å². The molecule has 2 aliphatic rings. The standard InChI is InChI=1S/C22H25N5O2S/c1-26-12-16(11-23-26)22-25-18(14-30-22)13-27-8-3-2-4-19(27)21(28)24-17-5-6-20-15(10-17)7-9-29-20/h5-6,10-12,14,19H,2-4,7-9,13H2,1H3,(H,24,28)/t19-/m0/s1. The molecule has 2 aliphatic heterocycles. The van der Waals surface area contributed by atoms with Crippen molar-refractivity contribution >= 4 is 22.9 Å². The lowest BCUT2D eigenvalue weighted by Gasteiger charge is -2.34. The summed E-state index contributed by atoms with van der Waals surface area (Å²) in [5, 5.41) is 10.4. The quantitative estimate of drug-likeness (QED) is 0.680. The number of carbonyl (C=O) groups excluding carboxylic acids is 1. The van der Waals surface area contributed by atoms with Gasteiger partial charge in [0.05, 0.1) is 24.5 Å². The molecule has 4 heterocycles. The van der Waals surface area contributed by atoms with Crippen LogP contribution >= 0.6 is 11.3 Å². The molecule has 1 saturated heterocycles. The van der Waals surface area contributed by atoms with Gasteiger partial charge in [0.1, 0.15) is 10.8 Å². The number of nitrogens with one attached hydrogen (secondary N) is 1. The second kappa shape index (κ2) is 8.20. The number of rotatable bonds is 5. The van der Waals surface area contributed by atoms with Crippen molar-refractivity contribution in [1.29, 1.82) is 0 Å². The average molecular weight is 424 g/mol. The summed E-state index contributed by atoms with van der Waals surface area (Å²) >= 11 is 1.62. The molecule has 3 aromatic rings. The Kier molecular flexibility index (Phi) is 5.26. The topological polar surface area (TPSA) is 72.3 Å². The molecule has 0 unspecified atom stereocenters. The minimum absolute atomic E-state index is 0.0660. The molecule has 156 valence electrons. The number of anilines is 1. The van der Waals surface area contributed by atoms with Crippen molar-refractivity contribution < 1.29 is 9.53 Å². The van der Waals surface area contributed by atoms with Crippen molar-refractivity contribution in [1.82, 2.24) is 19.7 Å². The van der Waals surface area contributed by atoms with Crippen LogP contribution in [0.1, 0.15) is 30.5 Å². The Morgan fingerprint density at radius 1 is 1.37 bits per heavy atom. The van der Waals surface area contributed by atoms with Crippen LogP contribution in [0.3, 0.4) is 0 Å². The van der Waals surface area contributed by atoms with Crippen molar-refractivity contribution in [2.45, 2.75) is 38.3 Å². The van der Waals surface area contributed by atoms with E-state index in [0.717, 1.165) is 66.5 Å². The number of piperidine rings is 1. The summed E-state index contributed by atoms with van der Waals surface area (Å²) in [5.74, 6) is 0.997. The van der Waals surface area contributed by atoms with Gasteiger partial charge < -0.3 is 10.1 Å². The molecular weight excluding hydrogens is 398 g/mol. The number of aryl methyl sites for hydroxylation is 1. The monoisotopic (exact) mass is 423 g/mol. The first-order chi connectivity index (χ1) is 14.7. The predicted molar refractivity (Wildman–Crippen MR) is 117 cm³/mol. The van der Waals surface area contributed by atoms with E-state index >= 15 is 0 Å². The van der Waals surface area contributed by atoms with Crippen LogP contribution in [0.2, 0.25) is 0 Å². The molecule has 0 spiro atoms. The molecule has 5 rings (SSSR count). The second-order valence-electron chi connectivity index (χ2n) is 7.94. The van der Waals surface area contributed by atoms with Crippen LogP contribution in [0, 0.1) is 0 Å². The number of amides is 1. The molecule has 30 heavy (non-hydrogen) atoms. The van der Waals surface area contributed by atoms with Gasteiger partial charge in [-0.2, -0.15) is 5.10 Å². The van der Waals surface area contributed by atoms with Gasteiger partial charge in [-0.3, -0.25) is 14.4 Å². The first-order valence-corrected chi connectivity index (χ1v) is 11.3. The van der Waals surface area contributed by atoms with Crippen LogP contribution in [-0.2, 0) is 24.8 Å². The fourth-order valence-electron chi connectivity index (χ4n) is 4.22. The number of hydrogen-bond donors (Lipinski definition) is 1. The average Bonchev–Trinajstić information content (AvgIpc) is 3.49. The molecule has 1 amide bonds. The van der Waals surface area contributed by atoms with Gasteiger partial charge in [0, 0.05) is 42.8 Å². The Bertz CT molecular complexity index is 1060. The highest BCUT2D eigenvalue weighted by molar-refractivity contribution is 7.13. The van der Waals surface area contributed by atoms with Crippen LogP contribution in [0.15, 0.2) is 36.0 Å². The molecule has 1 N–H and O–H groups in total. The van der Waals surface area contributed by atoms with Crippen LogP contribution in [-0.4, -0.2) is 44.8 Å². The molecule has 7 nitrogen and oxygen atoms in total. The van der Waals surface area contributed by atoms with E-state index in [1.165, 1.54) is 5.56 Å². The maximum Gasteiger partial charge on any atom is 0.241 e. The molecule has 2 aromatic heterocycles. The zero-order valence-electron chi connectivity index (χ0n) is 17.0. The first kappa shape index (κ1) is 19.3. The Morgan fingerprint density at radius 3 is 3.17 bits per heavy atom. The van der Waals surface area contributed by atoms with E-state index in [0.29, 0.717) is 6.54 Å². The Labute approximate surface area is 179 Å². The number of nitrogens with zero attached hydrogens (tertiary/aromatic N) is 4. The number of carbonyl (C=O) groups is 1. The van der Waals surface area contributed by atoms with E-state index in [1.807, 2.05) is 37.6 Å². The molecule has 1 aromatic carbocycles. The summed E-state index contributed by atoms with van der Waals surface area (Å²) < 4.78 is 7.35. The fourth-order valence-corrected chi connectivity index (χ4v) is 5.01. The first-order valence-electron chi connectivity index (χ1n) is 10.4. The predicted octanol–water partition coefficient (Wildman–Crippen LogP) is 3.47. The molecule has 1 fully saturated rings. The lowest BCUT2D eigenvalue weighted by Crippen LogP contribution is -2.46. The number of ether oxygens (including phenoxy) is 1.